The second kappa shape index (κ2) is 7.29. The van der Waals surface area contributed by atoms with E-state index in [4.69, 9.17) is 4.55 Å². The normalized spacial score (nSPS) is 11.8. The summed E-state index contributed by atoms with van der Waals surface area (Å²) < 4.78 is 33.2. The number of aromatic nitrogens is 2. The first-order chi connectivity index (χ1) is 13.5. The maximum absolute atomic E-state index is 11.3. The predicted molar refractivity (Wildman–Crippen MR) is 98.7 cm³/mol. The highest BCUT2D eigenvalue weighted by atomic mass is 32.2. The minimum absolute atomic E-state index is 0.0398. The molecule has 0 spiro atoms. The molecule has 0 saturated carbocycles. The van der Waals surface area contributed by atoms with Crippen LogP contribution >= 0.6 is 0 Å². The fourth-order valence-corrected chi connectivity index (χ4v) is 3.07. The van der Waals surface area contributed by atoms with E-state index in [1.54, 1.807) is 19.1 Å². The summed E-state index contributed by atoms with van der Waals surface area (Å²) in [6.45, 7) is 1.78. The number of benzene rings is 2. The van der Waals surface area contributed by atoms with Crippen LogP contribution in [0.2, 0.25) is 0 Å². The summed E-state index contributed by atoms with van der Waals surface area (Å²) in [4.78, 5) is 9.00. The molecule has 150 valence electrons. The van der Waals surface area contributed by atoms with Gasteiger partial charge in [-0.25, -0.2) is 4.68 Å². The van der Waals surface area contributed by atoms with Gasteiger partial charge in [0.2, 0.25) is 0 Å². The summed E-state index contributed by atoms with van der Waals surface area (Å²) in [5.41, 5.74) is 0.252. The number of aryl methyl sites for hydroxylation is 1. The first-order valence-corrected chi connectivity index (χ1v) is 9.25. The Morgan fingerprint density at radius 2 is 1.86 bits per heavy atom. The Balaban J connectivity index is 1.99. The van der Waals surface area contributed by atoms with Crippen molar-refractivity contribution in [2.45, 2.75) is 11.8 Å². The third-order valence-electron chi connectivity index (χ3n) is 3.68. The van der Waals surface area contributed by atoms with Crippen LogP contribution in [0.5, 0.6) is 11.5 Å². The Morgan fingerprint density at radius 1 is 1.14 bits per heavy atom. The Hall–Kier alpha value is -3.84. The molecule has 0 bridgehead atoms. The van der Waals surface area contributed by atoms with Gasteiger partial charge >= 0.3 is 0 Å². The van der Waals surface area contributed by atoms with Gasteiger partial charge in [0.1, 0.15) is 22.0 Å². The van der Waals surface area contributed by atoms with Crippen LogP contribution in [-0.2, 0) is 10.1 Å². The van der Waals surface area contributed by atoms with E-state index >= 15 is 0 Å². The van der Waals surface area contributed by atoms with Gasteiger partial charge in [0.25, 0.3) is 15.8 Å². The van der Waals surface area contributed by atoms with Crippen molar-refractivity contribution in [2.75, 3.05) is 0 Å². The number of rotatable bonds is 5. The number of hydrogen-bond acceptors (Lipinski definition) is 9. The second-order valence-corrected chi connectivity index (χ2v) is 7.30. The summed E-state index contributed by atoms with van der Waals surface area (Å²) in [5, 5.41) is 42.1. The van der Waals surface area contributed by atoms with Crippen LogP contribution in [0.15, 0.2) is 57.8 Å². The smallest absolute Gasteiger partial charge is 0.298 e. The van der Waals surface area contributed by atoms with Gasteiger partial charge in [0.05, 0.1) is 23.0 Å². The van der Waals surface area contributed by atoms with E-state index in [0.29, 0.717) is 11.8 Å². The molecule has 0 atom stereocenters. The molecule has 1 aromatic heterocycles. The second-order valence-electron chi connectivity index (χ2n) is 5.91. The standard InChI is InChI=1S/C16H13N5O7S/c1-9-2-11(4-13(22)3-9)20-8-10(7-17-20)18-19-14-5-12(21(24)25)6-15(16(14)23)29(26,27)28/h2-8,22-23H,1H3,(H,26,27,28). The fourth-order valence-electron chi connectivity index (χ4n) is 2.45. The van der Waals surface area contributed by atoms with E-state index in [2.05, 4.69) is 15.3 Å². The van der Waals surface area contributed by atoms with Gasteiger partial charge < -0.3 is 10.2 Å². The van der Waals surface area contributed by atoms with Gasteiger partial charge in [-0.05, 0) is 24.6 Å². The molecule has 13 heteroatoms. The number of nitrogens with zero attached hydrogens (tertiary/aromatic N) is 5. The number of phenolic OH excluding ortho intramolecular Hbond substituents is 2. The fraction of sp³-hybridized carbons (Fsp3) is 0.0625. The number of nitro benzene ring substituents is 1. The lowest BCUT2D eigenvalue weighted by Crippen LogP contribution is -2.00. The van der Waals surface area contributed by atoms with E-state index in [-0.39, 0.29) is 11.4 Å². The van der Waals surface area contributed by atoms with Crippen LogP contribution in [0.25, 0.3) is 5.69 Å². The SMILES string of the molecule is Cc1cc(O)cc(-n2cc(N=Nc3cc([N+](=O)[O-])cc(S(=O)(=O)O)c3O)cn2)c1. The molecule has 0 unspecified atom stereocenters. The summed E-state index contributed by atoms with van der Waals surface area (Å²) in [6, 6.07) is 6.08. The molecule has 2 aromatic carbocycles. The molecule has 0 fully saturated rings. The molecule has 3 rings (SSSR count). The summed E-state index contributed by atoms with van der Waals surface area (Å²) in [5.74, 6) is -0.948. The summed E-state index contributed by atoms with van der Waals surface area (Å²) in [6.07, 6.45) is 2.72. The maximum atomic E-state index is 11.3. The lowest BCUT2D eigenvalue weighted by Gasteiger charge is -2.04. The highest BCUT2D eigenvalue weighted by Gasteiger charge is 2.24. The maximum Gasteiger partial charge on any atom is 0.298 e. The van der Waals surface area contributed by atoms with E-state index in [9.17, 15) is 28.7 Å². The number of non-ortho nitro benzene ring substituents is 1. The molecule has 0 aliphatic heterocycles. The molecule has 0 amide bonds. The van der Waals surface area contributed by atoms with Gasteiger partial charge in [0, 0.05) is 18.2 Å². The monoisotopic (exact) mass is 419 g/mol. The molecule has 3 N–H and O–H groups in total. The first kappa shape index (κ1) is 19.9. The van der Waals surface area contributed by atoms with Crippen molar-refractivity contribution in [2.24, 2.45) is 10.2 Å². The lowest BCUT2D eigenvalue weighted by atomic mass is 10.2. The van der Waals surface area contributed by atoms with Crippen molar-refractivity contribution in [3.05, 3.63) is 58.4 Å². The van der Waals surface area contributed by atoms with Crippen LogP contribution in [-0.4, -0.2) is 37.9 Å². The van der Waals surface area contributed by atoms with Crippen molar-refractivity contribution < 1.29 is 28.1 Å². The minimum atomic E-state index is -4.93. The highest BCUT2D eigenvalue weighted by Crippen LogP contribution is 2.38. The molecule has 12 nitrogen and oxygen atoms in total. The Labute approximate surface area is 163 Å². The lowest BCUT2D eigenvalue weighted by molar-refractivity contribution is -0.385. The van der Waals surface area contributed by atoms with Gasteiger partial charge in [-0.2, -0.15) is 13.5 Å². The molecular weight excluding hydrogens is 406 g/mol. The van der Waals surface area contributed by atoms with Gasteiger partial charge in [-0.3, -0.25) is 14.7 Å². The van der Waals surface area contributed by atoms with Crippen molar-refractivity contribution in [1.29, 1.82) is 0 Å². The number of azo groups is 1. The zero-order valence-electron chi connectivity index (χ0n) is 14.7. The van der Waals surface area contributed by atoms with E-state index in [0.717, 1.165) is 11.6 Å². The number of aromatic hydroxyl groups is 2. The van der Waals surface area contributed by atoms with Gasteiger partial charge in [-0.15, -0.1) is 10.2 Å². The number of hydrogen-bond donors (Lipinski definition) is 3. The predicted octanol–water partition coefficient (Wildman–Crippen LogP) is 3.16. The molecule has 0 saturated heterocycles. The van der Waals surface area contributed by atoms with Crippen LogP contribution in [0, 0.1) is 17.0 Å². The quantitative estimate of drug-likeness (QED) is 0.244. The van der Waals surface area contributed by atoms with Crippen LogP contribution < -0.4 is 0 Å². The largest absolute Gasteiger partial charge is 0.508 e. The first-order valence-electron chi connectivity index (χ1n) is 7.81. The highest BCUT2D eigenvalue weighted by molar-refractivity contribution is 7.86. The molecule has 3 aromatic rings. The van der Waals surface area contributed by atoms with Crippen molar-refractivity contribution in [3.63, 3.8) is 0 Å². The third-order valence-corrected chi connectivity index (χ3v) is 4.55. The molecule has 0 aliphatic rings. The van der Waals surface area contributed by atoms with Gasteiger partial charge in [0.15, 0.2) is 5.75 Å². The average molecular weight is 419 g/mol. The molecular formula is C16H13N5O7S. The number of phenols is 2. The van der Waals surface area contributed by atoms with Crippen molar-refractivity contribution in [1.82, 2.24) is 9.78 Å². The summed E-state index contributed by atoms with van der Waals surface area (Å²) >= 11 is 0. The van der Waals surface area contributed by atoms with Crippen molar-refractivity contribution >= 4 is 27.2 Å². The zero-order chi connectivity index (χ0) is 21.3. The number of nitro groups is 1. The van der Waals surface area contributed by atoms with E-state index < -0.39 is 37.1 Å². The van der Waals surface area contributed by atoms with E-state index in [1.165, 1.54) is 23.1 Å². The average Bonchev–Trinajstić information content (AvgIpc) is 3.08. The third kappa shape index (κ3) is 4.36. The minimum Gasteiger partial charge on any atom is -0.508 e. The van der Waals surface area contributed by atoms with Crippen LogP contribution in [0.4, 0.5) is 17.1 Å². The van der Waals surface area contributed by atoms with Crippen molar-refractivity contribution in [3.8, 4) is 17.2 Å². The Kier molecular flexibility index (Phi) is 5.01. The molecule has 1 heterocycles. The van der Waals surface area contributed by atoms with Gasteiger partial charge in [-0.1, -0.05) is 0 Å². The topological polar surface area (TPSA) is 181 Å². The molecule has 29 heavy (non-hydrogen) atoms. The Bertz CT molecular complexity index is 1230. The zero-order valence-corrected chi connectivity index (χ0v) is 15.5. The van der Waals surface area contributed by atoms with Crippen LogP contribution in [0.3, 0.4) is 0 Å². The summed E-state index contributed by atoms with van der Waals surface area (Å²) in [7, 11) is -4.93. The Morgan fingerprint density at radius 3 is 2.48 bits per heavy atom. The molecule has 0 radical (unpaired) electrons. The van der Waals surface area contributed by atoms with E-state index in [1.807, 2.05) is 0 Å². The van der Waals surface area contributed by atoms with Crippen LogP contribution in [0.1, 0.15) is 5.56 Å². The molecule has 0 aliphatic carbocycles.